The van der Waals surface area contributed by atoms with Gasteiger partial charge in [-0.3, -0.25) is 4.79 Å². The number of aromatic nitrogens is 1. The van der Waals surface area contributed by atoms with Gasteiger partial charge in [0.25, 0.3) is 10.0 Å². The molecule has 108 valence electrons. The van der Waals surface area contributed by atoms with Gasteiger partial charge >= 0.3 is 5.97 Å². The van der Waals surface area contributed by atoms with E-state index in [1.54, 1.807) is 0 Å². The standard InChI is InChI=1S/C11H18N2O4S2/c1-3-5-6-8(11(14)15)13-19(16,17)10-7-12-9(4-2)18-10/h7-8,13H,3-6H2,1-2H3,(H,14,15)/t8-/m0/s1. The van der Waals surface area contributed by atoms with Crippen molar-refractivity contribution in [1.82, 2.24) is 9.71 Å². The Bertz CT molecular complexity index is 525. The normalized spacial score (nSPS) is 13.4. The molecule has 0 aliphatic carbocycles. The van der Waals surface area contributed by atoms with Gasteiger partial charge < -0.3 is 5.11 Å². The van der Waals surface area contributed by atoms with Crippen LogP contribution in [0.3, 0.4) is 0 Å². The van der Waals surface area contributed by atoms with Crippen LogP contribution in [-0.2, 0) is 21.2 Å². The van der Waals surface area contributed by atoms with Crippen LogP contribution in [0.2, 0.25) is 0 Å². The summed E-state index contributed by atoms with van der Waals surface area (Å²) < 4.78 is 26.4. The third-order valence-electron chi connectivity index (χ3n) is 2.54. The molecule has 0 saturated carbocycles. The smallest absolute Gasteiger partial charge is 0.321 e. The topological polar surface area (TPSA) is 96.4 Å². The van der Waals surface area contributed by atoms with Crippen molar-refractivity contribution in [3.8, 4) is 0 Å². The zero-order valence-electron chi connectivity index (χ0n) is 10.9. The minimum atomic E-state index is -3.80. The second-order valence-electron chi connectivity index (χ2n) is 4.08. The maximum atomic E-state index is 12.0. The highest BCUT2D eigenvalue weighted by Crippen LogP contribution is 2.19. The number of nitrogens with one attached hydrogen (secondary N) is 1. The van der Waals surface area contributed by atoms with Gasteiger partial charge in [0.05, 0.1) is 11.2 Å². The molecule has 0 spiro atoms. The summed E-state index contributed by atoms with van der Waals surface area (Å²) in [4.78, 5) is 15.0. The van der Waals surface area contributed by atoms with E-state index >= 15 is 0 Å². The quantitative estimate of drug-likeness (QED) is 0.761. The second kappa shape index (κ2) is 6.97. The Morgan fingerprint density at radius 3 is 2.68 bits per heavy atom. The number of thiazole rings is 1. The van der Waals surface area contributed by atoms with Gasteiger partial charge in [-0.1, -0.05) is 26.7 Å². The lowest BCUT2D eigenvalue weighted by atomic mass is 10.1. The Morgan fingerprint density at radius 2 is 2.21 bits per heavy atom. The van der Waals surface area contributed by atoms with Crippen LogP contribution in [0.15, 0.2) is 10.4 Å². The van der Waals surface area contributed by atoms with E-state index in [1.165, 1.54) is 6.20 Å². The van der Waals surface area contributed by atoms with Crippen LogP contribution in [0.25, 0.3) is 0 Å². The number of carboxylic acid groups (broad SMARTS) is 1. The molecule has 0 aliphatic rings. The van der Waals surface area contributed by atoms with Crippen LogP contribution in [0, 0.1) is 0 Å². The molecule has 0 amide bonds. The molecule has 6 nitrogen and oxygen atoms in total. The molecule has 1 rings (SSSR count). The highest BCUT2D eigenvalue weighted by atomic mass is 32.2. The number of carbonyl (C=O) groups is 1. The van der Waals surface area contributed by atoms with Crippen molar-refractivity contribution in [1.29, 1.82) is 0 Å². The van der Waals surface area contributed by atoms with Crippen molar-refractivity contribution in [2.45, 2.75) is 49.8 Å². The Morgan fingerprint density at radius 1 is 1.53 bits per heavy atom. The third-order valence-corrected chi connectivity index (χ3v) is 5.62. The number of hydrogen-bond donors (Lipinski definition) is 2. The van der Waals surface area contributed by atoms with Crippen LogP contribution in [0.5, 0.6) is 0 Å². The van der Waals surface area contributed by atoms with E-state index in [-0.39, 0.29) is 10.6 Å². The fourth-order valence-corrected chi connectivity index (χ4v) is 3.83. The van der Waals surface area contributed by atoms with Gasteiger partial charge in [0.2, 0.25) is 0 Å². The van der Waals surface area contributed by atoms with Crippen molar-refractivity contribution in [3.05, 3.63) is 11.2 Å². The van der Waals surface area contributed by atoms with Crippen molar-refractivity contribution in [3.63, 3.8) is 0 Å². The minimum absolute atomic E-state index is 0.0621. The molecule has 0 aromatic carbocycles. The van der Waals surface area contributed by atoms with Gasteiger partial charge in [0.15, 0.2) is 4.21 Å². The minimum Gasteiger partial charge on any atom is -0.480 e. The molecule has 8 heteroatoms. The van der Waals surface area contributed by atoms with Gasteiger partial charge in [0.1, 0.15) is 6.04 Å². The van der Waals surface area contributed by atoms with E-state index in [9.17, 15) is 13.2 Å². The summed E-state index contributed by atoms with van der Waals surface area (Å²) in [5.41, 5.74) is 0. The summed E-state index contributed by atoms with van der Waals surface area (Å²) in [5, 5.41) is 9.73. The van der Waals surface area contributed by atoms with Crippen molar-refractivity contribution < 1.29 is 18.3 Å². The maximum absolute atomic E-state index is 12.0. The lowest BCUT2D eigenvalue weighted by Crippen LogP contribution is -2.40. The molecule has 1 atom stereocenters. The lowest BCUT2D eigenvalue weighted by Gasteiger charge is -2.13. The van der Waals surface area contributed by atoms with Gasteiger partial charge in [-0.15, -0.1) is 11.3 Å². The first kappa shape index (κ1) is 16.1. The van der Waals surface area contributed by atoms with E-state index in [0.717, 1.165) is 17.8 Å². The summed E-state index contributed by atoms with van der Waals surface area (Å²) in [5.74, 6) is -1.16. The summed E-state index contributed by atoms with van der Waals surface area (Å²) >= 11 is 1.06. The van der Waals surface area contributed by atoms with E-state index in [0.29, 0.717) is 17.8 Å². The molecule has 1 heterocycles. The van der Waals surface area contributed by atoms with Crippen molar-refractivity contribution in [2.24, 2.45) is 0 Å². The number of rotatable bonds is 8. The maximum Gasteiger partial charge on any atom is 0.321 e. The highest BCUT2D eigenvalue weighted by molar-refractivity contribution is 7.91. The molecule has 0 aliphatic heterocycles. The monoisotopic (exact) mass is 306 g/mol. The van der Waals surface area contributed by atoms with Gasteiger partial charge in [-0.05, 0) is 12.8 Å². The van der Waals surface area contributed by atoms with Crippen LogP contribution in [-0.4, -0.2) is 30.5 Å². The molecule has 1 aromatic heterocycles. The average Bonchev–Trinajstić information content (AvgIpc) is 2.83. The summed E-state index contributed by atoms with van der Waals surface area (Å²) in [6.45, 7) is 3.80. The van der Waals surface area contributed by atoms with E-state index < -0.39 is 22.0 Å². The van der Waals surface area contributed by atoms with Gasteiger partial charge in [-0.25, -0.2) is 13.4 Å². The van der Waals surface area contributed by atoms with Crippen LogP contribution >= 0.6 is 11.3 Å². The summed E-state index contributed by atoms with van der Waals surface area (Å²) in [6, 6.07) is -1.09. The largest absolute Gasteiger partial charge is 0.480 e. The lowest BCUT2D eigenvalue weighted by molar-refractivity contribution is -0.139. The molecule has 0 fully saturated rings. The van der Waals surface area contributed by atoms with E-state index in [2.05, 4.69) is 9.71 Å². The van der Waals surface area contributed by atoms with Crippen LogP contribution < -0.4 is 4.72 Å². The number of aryl methyl sites for hydroxylation is 1. The first-order valence-corrected chi connectivity index (χ1v) is 8.40. The predicted octanol–water partition coefficient (Wildman–Crippen LogP) is 1.63. The third kappa shape index (κ3) is 4.55. The number of carboxylic acids is 1. The average molecular weight is 306 g/mol. The Balaban J connectivity index is 2.84. The van der Waals surface area contributed by atoms with Crippen LogP contribution in [0.1, 0.15) is 38.1 Å². The van der Waals surface area contributed by atoms with Crippen LogP contribution in [0.4, 0.5) is 0 Å². The number of unbranched alkanes of at least 4 members (excludes halogenated alkanes) is 1. The molecule has 0 bridgehead atoms. The molecule has 0 unspecified atom stereocenters. The molecule has 0 radical (unpaired) electrons. The first-order valence-electron chi connectivity index (χ1n) is 6.10. The van der Waals surface area contributed by atoms with Gasteiger partial charge in [0, 0.05) is 0 Å². The Labute approximate surface area is 116 Å². The summed E-state index contributed by atoms with van der Waals surface area (Å²) in [6.07, 6.45) is 3.67. The van der Waals surface area contributed by atoms with E-state index in [1.807, 2.05) is 13.8 Å². The zero-order valence-corrected chi connectivity index (χ0v) is 12.6. The number of sulfonamides is 1. The highest BCUT2D eigenvalue weighted by Gasteiger charge is 2.26. The molecule has 2 N–H and O–H groups in total. The Hall–Kier alpha value is -0.990. The molecule has 1 aromatic rings. The second-order valence-corrected chi connectivity index (χ2v) is 7.14. The SMILES string of the molecule is CCCC[C@H](NS(=O)(=O)c1cnc(CC)s1)C(=O)O. The first-order chi connectivity index (χ1) is 8.90. The van der Waals surface area contributed by atoms with Crippen molar-refractivity contribution >= 4 is 27.3 Å². The summed E-state index contributed by atoms with van der Waals surface area (Å²) in [7, 11) is -3.80. The molecule has 19 heavy (non-hydrogen) atoms. The fourth-order valence-electron chi connectivity index (χ4n) is 1.47. The van der Waals surface area contributed by atoms with E-state index in [4.69, 9.17) is 5.11 Å². The number of aliphatic carboxylic acids is 1. The number of nitrogens with zero attached hydrogens (tertiary/aromatic N) is 1. The molecular weight excluding hydrogens is 288 g/mol. The number of hydrogen-bond acceptors (Lipinski definition) is 5. The van der Waals surface area contributed by atoms with Crippen molar-refractivity contribution in [2.75, 3.05) is 0 Å². The van der Waals surface area contributed by atoms with Gasteiger partial charge in [-0.2, -0.15) is 4.72 Å². The Kier molecular flexibility index (Phi) is 5.89. The zero-order chi connectivity index (χ0) is 14.5. The molecule has 0 saturated heterocycles. The fraction of sp³-hybridized carbons (Fsp3) is 0.636. The predicted molar refractivity (Wildman–Crippen MR) is 72.8 cm³/mol. The molecular formula is C11H18N2O4S2.